The van der Waals surface area contributed by atoms with Gasteiger partial charge in [-0.05, 0) is 74.8 Å². The molecule has 5 nitrogen and oxygen atoms in total. The van der Waals surface area contributed by atoms with Gasteiger partial charge in [0.05, 0.1) is 7.11 Å². The fourth-order valence-corrected chi connectivity index (χ4v) is 5.19. The number of thiophene rings is 1. The molecule has 1 aliphatic heterocycles. The Balaban J connectivity index is 1.50. The first-order valence-electron chi connectivity index (χ1n) is 11.3. The highest BCUT2D eigenvalue weighted by Crippen LogP contribution is 2.30. The maximum Gasteiger partial charge on any atom is 0.348 e. The molecule has 1 amide bonds. The van der Waals surface area contributed by atoms with Crippen LogP contribution in [-0.2, 0) is 22.4 Å². The summed E-state index contributed by atoms with van der Waals surface area (Å²) in [6.45, 7) is 0.279. The van der Waals surface area contributed by atoms with Crippen molar-refractivity contribution in [3.05, 3.63) is 51.7 Å². The van der Waals surface area contributed by atoms with E-state index in [0.717, 1.165) is 63.5 Å². The first kappa shape index (κ1) is 23.5. The van der Waals surface area contributed by atoms with E-state index in [-0.39, 0.29) is 24.5 Å². The van der Waals surface area contributed by atoms with E-state index in [9.17, 15) is 9.59 Å². The number of anilines is 1. The van der Waals surface area contributed by atoms with Crippen LogP contribution < -0.4 is 4.90 Å². The molecule has 2 heterocycles. The topological polar surface area (TPSA) is 66.8 Å². The number of rotatable bonds is 12. The fourth-order valence-electron chi connectivity index (χ4n) is 4.22. The van der Waals surface area contributed by atoms with E-state index >= 15 is 0 Å². The number of amides is 1. The lowest BCUT2D eigenvalue weighted by Crippen LogP contribution is -2.32. The van der Waals surface area contributed by atoms with Crippen molar-refractivity contribution in [1.82, 2.24) is 0 Å². The third kappa shape index (κ3) is 6.65. The number of benzene rings is 1. The van der Waals surface area contributed by atoms with Gasteiger partial charge in [0.25, 0.3) is 0 Å². The molecule has 2 aromatic rings. The summed E-state index contributed by atoms with van der Waals surface area (Å²) in [5.41, 5.74) is 2.30. The van der Waals surface area contributed by atoms with Crippen LogP contribution in [0.4, 0.5) is 5.69 Å². The summed E-state index contributed by atoms with van der Waals surface area (Å²) in [6.07, 6.45) is 9.65. The number of ether oxygens (including phenoxy) is 1. The van der Waals surface area contributed by atoms with Crippen molar-refractivity contribution in [1.29, 1.82) is 0 Å². The summed E-state index contributed by atoms with van der Waals surface area (Å²) in [5.74, 6) is -0.0664. The lowest BCUT2D eigenvalue weighted by atomic mass is 10.0. The van der Waals surface area contributed by atoms with Crippen LogP contribution in [0.25, 0.3) is 0 Å². The number of aliphatic hydroxyl groups excluding tert-OH is 1. The lowest BCUT2D eigenvalue weighted by molar-refractivity contribution is -0.117. The van der Waals surface area contributed by atoms with Gasteiger partial charge in [0, 0.05) is 29.6 Å². The number of aryl methyl sites for hydroxylation is 2. The molecule has 0 unspecified atom stereocenters. The fraction of sp³-hybridized carbons (Fsp3) is 0.520. The molecular weight excluding hydrogens is 410 g/mol. The Hall–Kier alpha value is -2.18. The van der Waals surface area contributed by atoms with Crippen molar-refractivity contribution >= 4 is 28.9 Å². The van der Waals surface area contributed by atoms with Crippen molar-refractivity contribution in [2.24, 2.45) is 0 Å². The van der Waals surface area contributed by atoms with Crippen molar-refractivity contribution in [2.75, 3.05) is 18.6 Å². The molecule has 0 saturated carbocycles. The van der Waals surface area contributed by atoms with Gasteiger partial charge in [0.2, 0.25) is 5.91 Å². The van der Waals surface area contributed by atoms with E-state index in [1.54, 1.807) is 0 Å². The van der Waals surface area contributed by atoms with Gasteiger partial charge in [0.1, 0.15) is 4.88 Å². The predicted octanol–water partition coefficient (Wildman–Crippen LogP) is 5.15. The van der Waals surface area contributed by atoms with Crippen molar-refractivity contribution in [2.45, 2.75) is 70.3 Å². The predicted molar refractivity (Wildman–Crippen MR) is 125 cm³/mol. The molecule has 0 aliphatic carbocycles. The van der Waals surface area contributed by atoms with Crippen LogP contribution in [0.15, 0.2) is 36.4 Å². The Kier molecular flexibility index (Phi) is 9.10. The summed E-state index contributed by atoms with van der Waals surface area (Å²) in [6, 6.07) is 12.5. The molecule has 0 radical (unpaired) electrons. The van der Waals surface area contributed by atoms with Crippen LogP contribution in [0, 0.1) is 0 Å². The SMILES string of the molecule is COC(=O)c1ccc(CCC[C@@H]2CCC(=O)N2c2ccc(CCCCCCO)cc2)s1. The molecule has 31 heavy (non-hydrogen) atoms. The molecule has 3 rings (SSSR count). The maximum absolute atomic E-state index is 12.5. The van der Waals surface area contributed by atoms with Crippen LogP contribution in [0.5, 0.6) is 0 Å². The lowest BCUT2D eigenvalue weighted by Gasteiger charge is -2.25. The Labute approximate surface area is 189 Å². The van der Waals surface area contributed by atoms with E-state index in [4.69, 9.17) is 9.84 Å². The molecule has 1 aliphatic rings. The second kappa shape index (κ2) is 12.0. The molecular formula is C25H33NO4S. The summed E-state index contributed by atoms with van der Waals surface area (Å²) in [5, 5.41) is 8.85. The van der Waals surface area contributed by atoms with Gasteiger partial charge in [-0.15, -0.1) is 11.3 Å². The second-order valence-corrected chi connectivity index (χ2v) is 9.33. The first-order chi connectivity index (χ1) is 15.1. The summed E-state index contributed by atoms with van der Waals surface area (Å²) < 4.78 is 4.77. The summed E-state index contributed by atoms with van der Waals surface area (Å²) in [7, 11) is 1.40. The molecule has 1 aromatic heterocycles. The minimum atomic E-state index is -0.280. The molecule has 1 N–H and O–H groups in total. The zero-order chi connectivity index (χ0) is 22.1. The number of methoxy groups -OCH3 is 1. The number of aliphatic hydroxyl groups is 1. The third-order valence-electron chi connectivity index (χ3n) is 5.92. The first-order valence-corrected chi connectivity index (χ1v) is 12.1. The number of carbonyl (C=O) groups excluding carboxylic acids is 2. The molecule has 1 atom stereocenters. The molecule has 1 aromatic carbocycles. The van der Waals surface area contributed by atoms with Gasteiger partial charge >= 0.3 is 5.97 Å². The van der Waals surface area contributed by atoms with Crippen LogP contribution in [0.1, 0.15) is 71.5 Å². The zero-order valence-electron chi connectivity index (χ0n) is 18.3. The van der Waals surface area contributed by atoms with E-state index < -0.39 is 0 Å². The number of nitrogens with zero attached hydrogens (tertiary/aromatic N) is 1. The Morgan fingerprint density at radius 1 is 1.06 bits per heavy atom. The van der Waals surface area contributed by atoms with Crippen molar-refractivity contribution < 1.29 is 19.4 Å². The third-order valence-corrected chi connectivity index (χ3v) is 7.05. The number of unbranched alkanes of at least 4 members (excludes halogenated alkanes) is 3. The van der Waals surface area contributed by atoms with Gasteiger partial charge < -0.3 is 14.7 Å². The zero-order valence-corrected chi connectivity index (χ0v) is 19.2. The number of esters is 1. The van der Waals surface area contributed by atoms with E-state index in [1.165, 1.54) is 28.9 Å². The highest BCUT2D eigenvalue weighted by Gasteiger charge is 2.31. The standard InChI is InChI=1S/C25H33NO4S/c1-30-25(29)23-16-15-22(31-23)9-6-8-20-14-17-24(28)26(20)21-12-10-19(11-13-21)7-4-2-3-5-18-27/h10-13,15-16,20,27H,2-9,14,17-18H2,1H3/t20-/m1/s1. The molecule has 1 saturated heterocycles. The van der Waals surface area contributed by atoms with Crippen LogP contribution in [0.3, 0.4) is 0 Å². The number of hydrogen-bond acceptors (Lipinski definition) is 5. The highest BCUT2D eigenvalue weighted by molar-refractivity contribution is 7.13. The van der Waals surface area contributed by atoms with Gasteiger partial charge in [0.15, 0.2) is 0 Å². The van der Waals surface area contributed by atoms with E-state index in [2.05, 4.69) is 24.3 Å². The highest BCUT2D eigenvalue weighted by atomic mass is 32.1. The molecule has 1 fully saturated rings. The van der Waals surface area contributed by atoms with Crippen LogP contribution in [-0.4, -0.2) is 36.7 Å². The largest absolute Gasteiger partial charge is 0.465 e. The smallest absolute Gasteiger partial charge is 0.348 e. The summed E-state index contributed by atoms with van der Waals surface area (Å²) in [4.78, 5) is 28.0. The van der Waals surface area contributed by atoms with Gasteiger partial charge in [-0.25, -0.2) is 4.79 Å². The number of hydrogen-bond donors (Lipinski definition) is 1. The Bertz CT molecular complexity index is 845. The van der Waals surface area contributed by atoms with E-state index in [1.807, 2.05) is 17.0 Å². The monoisotopic (exact) mass is 443 g/mol. The van der Waals surface area contributed by atoms with E-state index in [0.29, 0.717) is 11.3 Å². The molecule has 0 spiro atoms. The second-order valence-electron chi connectivity index (χ2n) is 8.16. The minimum Gasteiger partial charge on any atom is -0.465 e. The van der Waals surface area contributed by atoms with Crippen LogP contribution >= 0.6 is 11.3 Å². The summed E-state index contributed by atoms with van der Waals surface area (Å²) >= 11 is 1.49. The maximum atomic E-state index is 12.5. The van der Waals surface area contributed by atoms with Gasteiger partial charge in [-0.1, -0.05) is 25.0 Å². The number of carbonyl (C=O) groups is 2. The van der Waals surface area contributed by atoms with Crippen molar-refractivity contribution in [3.8, 4) is 0 Å². The Morgan fingerprint density at radius 3 is 2.58 bits per heavy atom. The normalized spacial score (nSPS) is 16.1. The Morgan fingerprint density at radius 2 is 1.84 bits per heavy atom. The molecule has 0 bridgehead atoms. The average molecular weight is 444 g/mol. The minimum absolute atomic E-state index is 0.214. The van der Waals surface area contributed by atoms with Gasteiger partial charge in [-0.3, -0.25) is 4.79 Å². The molecule has 168 valence electrons. The van der Waals surface area contributed by atoms with Gasteiger partial charge in [-0.2, -0.15) is 0 Å². The van der Waals surface area contributed by atoms with Crippen LogP contribution in [0.2, 0.25) is 0 Å². The van der Waals surface area contributed by atoms with Crippen molar-refractivity contribution in [3.63, 3.8) is 0 Å². The molecule has 6 heteroatoms. The quantitative estimate of drug-likeness (QED) is 0.364. The average Bonchev–Trinajstić information content (AvgIpc) is 3.40.